The van der Waals surface area contributed by atoms with Gasteiger partial charge in [0.2, 0.25) is 0 Å². The molecular weight excluding hydrogens is 223 g/mol. The van der Waals surface area contributed by atoms with E-state index < -0.39 is 30.9 Å². The number of hydrogen-bond acceptors (Lipinski definition) is 3. The van der Waals surface area contributed by atoms with E-state index >= 15 is 0 Å². The first-order valence-corrected chi connectivity index (χ1v) is 4.64. The van der Waals surface area contributed by atoms with Crippen molar-refractivity contribution in [3.8, 4) is 0 Å². The van der Waals surface area contributed by atoms with Crippen LogP contribution in [0.15, 0.2) is 17.2 Å². The molecule has 1 rings (SSSR count). The minimum atomic E-state index is -4.40. The average Bonchev–Trinajstić information content (AvgIpc) is 2.17. The van der Waals surface area contributed by atoms with Crippen LogP contribution in [0, 0.1) is 12.8 Å². The summed E-state index contributed by atoms with van der Waals surface area (Å²) >= 11 is 0. The van der Waals surface area contributed by atoms with Crippen LogP contribution in [0.3, 0.4) is 0 Å². The van der Waals surface area contributed by atoms with E-state index in [0.29, 0.717) is 5.56 Å². The molecule has 0 aliphatic heterocycles. The molecule has 0 amide bonds. The van der Waals surface area contributed by atoms with Gasteiger partial charge in [0, 0.05) is 25.5 Å². The summed E-state index contributed by atoms with van der Waals surface area (Å²) in [5.74, 6) is -1.73. The van der Waals surface area contributed by atoms with Crippen LogP contribution in [-0.2, 0) is 6.54 Å². The molecule has 1 aromatic rings. The fourth-order valence-electron chi connectivity index (χ4n) is 1.25. The zero-order chi connectivity index (χ0) is 12.3. The summed E-state index contributed by atoms with van der Waals surface area (Å²) in [7, 11) is 0. The van der Waals surface area contributed by atoms with Crippen molar-refractivity contribution in [2.45, 2.75) is 19.6 Å². The van der Waals surface area contributed by atoms with Crippen LogP contribution in [0.4, 0.5) is 13.2 Å². The molecule has 0 aliphatic carbocycles. The van der Waals surface area contributed by atoms with E-state index in [-0.39, 0.29) is 0 Å². The fourth-order valence-corrected chi connectivity index (χ4v) is 1.25. The second-order valence-electron chi connectivity index (χ2n) is 3.54. The van der Waals surface area contributed by atoms with Crippen LogP contribution in [-0.4, -0.2) is 22.3 Å². The second-order valence-corrected chi connectivity index (χ2v) is 3.54. The van der Waals surface area contributed by atoms with E-state index in [4.69, 9.17) is 5.73 Å². The van der Waals surface area contributed by atoms with Crippen LogP contribution < -0.4 is 11.4 Å². The summed E-state index contributed by atoms with van der Waals surface area (Å²) in [6.07, 6.45) is -1.76. The molecule has 0 aliphatic rings. The zero-order valence-corrected chi connectivity index (χ0v) is 8.66. The van der Waals surface area contributed by atoms with Crippen molar-refractivity contribution in [2.75, 3.05) is 6.54 Å². The van der Waals surface area contributed by atoms with Gasteiger partial charge < -0.3 is 5.73 Å². The lowest BCUT2D eigenvalue weighted by atomic mass is 10.1. The van der Waals surface area contributed by atoms with Gasteiger partial charge in [0.15, 0.2) is 0 Å². The molecule has 0 bridgehead atoms. The predicted octanol–water partition coefficient (Wildman–Crippen LogP) is 0.689. The number of rotatable bonds is 3. The first-order valence-electron chi connectivity index (χ1n) is 4.64. The molecule has 2 N–H and O–H groups in total. The molecule has 0 saturated heterocycles. The molecule has 0 spiro atoms. The van der Waals surface area contributed by atoms with Gasteiger partial charge in [-0.3, -0.25) is 4.57 Å². The number of halogens is 3. The van der Waals surface area contributed by atoms with Crippen LogP contribution >= 0.6 is 0 Å². The minimum Gasteiger partial charge on any atom is -0.330 e. The van der Waals surface area contributed by atoms with Crippen molar-refractivity contribution in [2.24, 2.45) is 11.7 Å². The van der Waals surface area contributed by atoms with E-state index in [0.717, 1.165) is 4.57 Å². The fraction of sp³-hybridized carbons (Fsp3) is 0.556. The Balaban J connectivity index is 2.95. The molecule has 0 radical (unpaired) electrons. The molecule has 1 atom stereocenters. The summed E-state index contributed by atoms with van der Waals surface area (Å²) in [5, 5.41) is 0. The van der Waals surface area contributed by atoms with Crippen LogP contribution in [0.1, 0.15) is 5.56 Å². The van der Waals surface area contributed by atoms with Crippen molar-refractivity contribution in [1.82, 2.24) is 9.55 Å². The smallest absolute Gasteiger partial charge is 0.330 e. The van der Waals surface area contributed by atoms with E-state index in [1.165, 1.54) is 12.4 Å². The van der Waals surface area contributed by atoms with E-state index in [1.54, 1.807) is 6.92 Å². The standard InChI is InChI=1S/C9H12F3N3O/c1-6-3-14-8(16)15(4-6)5-7(2-13)9(10,11)12/h3-4,7H,2,5,13H2,1H3. The number of alkyl halides is 3. The summed E-state index contributed by atoms with van der Waals surface area (Å²) < 4.78 is 38.2. The maximum absolute atomic E-state index is 12.4. The van der Waals surface area contributed by atoms with Crippen molar-refractivity contribution in [3.63, 3.8) is 0 Å². The Morgan fingerprint density at radius 1 is 1.56 bits per heavy atom. The lowest BCUT2D eigenvalue weighted by Crippen LogP contribution is -2.37. The highest BCUT2D eigenvalue weighted by molar-refractivity contribution is 4.99. The quantitative estimate of drug-likeness (QED) is 0.838. The van der Waals surface area contributed by atoms with Gasteiger partial charge in [-0.2, -0.15) is 13.2 Å². The Morgan fingerprint density at radius 3 is 2.69 bits per heavy atom. The van der Waals surface area contributed by atoms with Gasteiger partial charge in [0.1, 0.15) is 0 Å². The molecule has 1 heterocycles. The van der Waals surface area contributed by atoms with Crippen molar-refractivity contribution in [3.05, 3.63) is 28.4 Å². The van der Waals surface area contributed by atoms with E-state index in [2.05, 4.69) is 4.98 Å². The van der Waals surface area contributed by atoms with Crippen molar-refractivity contribution < 1.29 is 13.2 Å². The van der Waals surface area contributed by atoms with Gasteiger partial charge in [-0.1, -0.05) is 0 Å². The second kappa shape index (κ2) is 4.65. The van der Waals surface area contributed by atoms with Gasteiger partial charge in [0.05, 0.1) is 5.92 Å². The summed E-state index contributed by atoms with van der Waals surface area (Å²) in [6.45, 7) is 0.603. The van der Waals surface area contributed by atoms with E-state index in [1.807, 2.05) is 0 Å². The minimum absolute atomic E-state index is 0.493. The molecule has 16 heavy (non-hydrogen) atoms. The molecule has 0 saturated carbocycles. The Kier molecular flexibility index (Phi) is 3.69. The molecule has 0 aromatic carbocycles. The highest BCUT2D eigenvalue weighted by atomic mass is 19.4. The van der Waals surface area contributed by atoms with E-state index in [9.17, 15) is 18.0 Å². The maximum atomic E-state index is 12.4. The topological polar surface area (TPSA) is 60.9 Å². The summed E-state index contributed by atoms with van der Waals surface area (Å²) in [6, 6.07) is 0. The first kappa shape index (κ1) is 12.7. The molecule has 0 fully saturated rings. The molecule has 7 heteroatoms. The predicted molar refractivity (Wildman–Crippen MR) is 51.8 cm³/mol. The highest BCUT2D eigenvalue weighted by Gasteiger charge is 2.38. The van der Waals surface area contributed by atoms with Gasteiger partial charge in [-0.05, 0) is 12.5 Å². The monoisotopic (exact) mass is 235 g/mol. The van der Waals surface area contributed by atoms with Gasteiger partial charge >= 0.3 is 11.9 Å². The third-order valence-corrected chi connectivity index (χ3v) is 2.15. The lowest BCUT2D eigenvalue weighted by molar-refractivity contribution is -0.175. The number of nitrogens with two attached hydrogens (primary N) is 1. The van der Waals surface area contributed by atoms with Crippen LogP contribution in [0.2, 0.25) is 0 Å². The Labute approximate surface area is 89.9 Å². The summed E-state index contributed by atoms with van der Waals surface area (Å²) in [4.78, 5) is 14.6. The SMILES string of the molecule is Cc1cnc(=O)n(CC(CN)C(F)(F)F)c1. The number of aromatic nitrogens is 2. The van der Waals surface area contributed by atoms with Gasteiger partial charge in [0.25, 0.3) is 0 Å². The Morgan fingerprint density at radius 2 is 2.19 bits per heavy atom. The molecule has 90 valence electrons. The van der Waals surface area contributed by atoms with Crippen LogP contribution in [0.25, 0.3) is 0 Å². The normalized spacial score (nSPS) is 13.8. The average molecular weight is 235 g/mol. The van der Waals surface area contributed by atoms with Gasteiger partial charge in [-0.25, -0.2) is 9.78 Å². The highest BCUT2D eigenvalue weighted by Crippen LogP contribution is 2.26. The number of nitrogens with zero attached hydrogens (tertiary/aromatic N) is 2. The third-order valence-electron chi connectivity index (χ3n) is 2.15. The zero-order valence-electron chi connectivity index (χ0n) is 8.66. The largest absolute Gasteiger partial charge is 0.394 e. The van der Waals surface area contributed by atoms with Crippen LogP contribution in [0.5, 0.6) is 0 Å². The van der Waals surface area contributed by atoms with Crippen molar-refractivity contribution >= 4 is 0 Å². The molecule has 4 nitrogen and oxygen atoms in total. The lowest BCUT2D eigenvalue weighted by Gasteiger charge is -2.19. The van der Waals surface area contributed by atoms with Gasteiger partial charge in [-0.15, -0.1) is 0 Å². The molecular formula is C9H12F3N3O. The van der Waals surface area contributed by atoms with Crippen molar-refractivity contribution in [1.29, 1.82) is 0 Å². The number of hydrogen-bond donors (Lipinski definition) is 1. The third kappa shape index (κ3) is 3.06. The Hall–Kier alpha value is -1.37. The Bertz CT molecular complexity index is 413. The number of aryl methyl sites for hydroxylation is 1. The molecule has 1 unspecified atom stereocenters. The molecule has 1 aromatic heterocycles. The summed E-state index contributed by atoms with van der Waals surface area (Å²) in [5.41, 5.74) is 4.96. The maximum Gasteiger partial charge on any atom is 0.394 e. The first-order chi connectivity index (χ1) is 7.34.